The molecule has 102 valence electrons. The topological polar surface area (TPSA) is 72.2 Å². The molecular formula is C11H18N2O2S3. The van der Waals surface area contributed by atoms with Gasteiger partial charge in [0.05, 0.1) is 10.5 Å². The molecule has 18 heavy (non-hydrogen) atoms. The minimum Gasteiger partial charge on any atom is -0.392 e. The van der Waals surface area contributed by atoms with Crippen molar-refractivity contribution in [3.63, 3.8) is 0 Å². The van der Waals surface area contributed by atoms with Crippen LogP contribution in [0.1, 0.15) is 32.1 Å². The zero-order valence-electron chi connectivity index (χ0n) is 10.7. The van der Waals surface area contributed by atoms with E-state index in [0.717, 1.165) is 11.3 Å². The lowest BCUT2D eigenvalue weighted by Gasteiger charge is -2.27. The fourth-order valence-corrected chi connectivity index (χ4v) is 4.35. The van der Waals surface area contributed by atoms with Crippen LogP contribution in [0.15, 0.2) is 16.3 Å². The van der Waals surface area contributed by atoms with E-state index in [1.54, 1.807) is 13.0 Å². The summed E-state index contributed by atoms with van der Waals surface area (Å²) in [6.07, 6.45) is 1.33. The minimum atomic E-state index is -3.56. The first-order valence-electron chi connectivity index (χ1n) is 5.67. The number of nitrogens with one attached hydrogen (secondary N) is 1. The van der Waals surface area contributed by atoms with Gasteiger partial charge in [-0.1, -0.05) is 26.1 Å². The van der Waals surface area contributed by atoms with E-state index in [1.807, 2.05) is 19.9 Å². The van der Waals surface area contributed by atoms with Crippen molar-refractivity contribution in [3.05, 3.63) is 17.0 Å². The highest BCUT2D eigenvalue weighted by Crippen LogP contribution is 2.24. The molecule has 7 heteroatoms. The molecule has 0 radical (unpaired) electrons. The van der Waals surface area contributed by atoms with Crippen LogP contribution in [0.5, 0.6) is 0 Å². The number of sulfonamides is 1. The fraction of sp³-hybridized carbons (Fsp3) is 0.545. The van der Waals surface area contributed by atoms with Crippen molar-refractivity contribution in [3.8, 4) is 0 Å². The molecule has 0 bridgehead atoms. The van der Waals surface area contributed by atoms with Crippen molar-refractivity contribution < 1.29 is 8.42 Å². The molecule has 1 atom stereocenters. The van der Waals surface area contributed by atoms with E-state index in [9.17, 15) is 8.42 Å². The van der Waals surface area contributed by atoms with Crippen molar-refractivity contribution in [1.29, 1.82) is 0 Å². The Labute approximate surface area is 118 Å². The Morgan fingerprint density at radius 2 is 2.11 bits per heavy atom. The Balaban J connectivity index is 3.05. The quantitative estimate of drug-likeness (QED) is 0.789. The predicted octanol–water partition coefficient (Wildman–Crippen LogP) is 2.04. The summed E-state index contributed by atoms with van der Waals surface area (Å²) in [5.41, 5.74) is 4.72. The van der Waals surface area contributed by atoms with Gasteiger partial charge in [-0.05, 0) is 31.9 Å². The molecule has 4 nitrogen and oxygen atoms in total. The lowest BCUT2D eigenvalue weighted by molar-refractivity contribution is 0.513. The lowest BCUT2D eigenvalue weighted by atomic mass is 10.0. The van der Waals surface area contributed by atoms with E-state index < -0.39 is 15.6 Å². The summed E-state index contributed by atoms with van der Waals surface area (Å²) in [5.74, 6) is 0. The van der Waals surface area contributed by atoms with Gasteiger partial charge in [0.15, 0.2) is 0 Å². The molecule has 3 N–H and O–H groups in total. The minimum absolute atomic E-state index is 0.154. The first kappa shape index (κ1) is 15.6. The van der Waals surface area contributed by atoms with Crippen molar-refractivity contribution in [2.75, 3.05) is 0 Å². The van der Waals surface area contributed by atoms with Crippen LogP contribution < -0.4 is 10.5 Å². The van der Waals surface area contributed by atoms with Gasteiger partial charge >= 0.3 is 0 Å². The maximum absolute atomic E-state index is 12.2. The van der Waals surface area contributed by atoms with E-state index in [-0.39, 0.29) is 4.99 Å². The number of hydrogen-bond donors (Lipinski definition) is 2. The monoisotopic (exact) mass is 306 g/mol. The van der Waals surface area contributed by atoms with Crippen LogP contribution in [-0.2, 0) is 16.4 Å². The first-order valence-corrected chi connectivity index (χ1v) is 8.38. The maximum Gasteiger partial charge on any atom is 0.250 e. The van der Waals surface area contributed by atoms with Gasteiger partial charge in [0.1, 0.15) is 4.21 Å². The molecule has 0 saturated carbocycles. The summed E-state index contributed by atoms with van der Waals surface area (Å²) < 4.78 is 27.3. The summed E-state index contributed by atoms with van der Waals surface area (Å²) >= 11 is 6.20. The zero-order chi connectivity index (χ0) is 14.0. The fourth-order valence-electron chi connectivity index (χ4n) is 1.34. The molecule has 1 aromatic heterocycles. The molecule has 0 fully saturated rings. The normalized spacial score (nSPS) is 15.3. The third kappa shape index (κ3) is 3.28. The van der Waals surface area contributed by atoms with E-state index in [0.29, 0.717) is 10.6 Å². The predicted molar refractivity (Wildman–Crippen MR) is 79.5 cm³/mol. The molecule has 0 amide bonds. The number of rotatable bonds is 6. The molecule has 0 saturated heterocycles. The second-order valence-corrected chi connectivity index (χ2v) is 7.75. The van der Waals surface area contributed by atoms with Gasteiger partial charge < -0.3 is 5.73 Å². The SMILES string of the molecule is CCc1ccc(S(=O)(=O)NC(C)(CC)C(N)=S)s1. The average Bonchev–Trinajstić information content (AvgIpc) is 2.77. The summed E-state index contributed by atoms with van der Waals surface area (Å²) in [4.78, 5) is 1.18. The van der Waals surface area contributed by atoms with Crippen molar-refractivity contribution in [2.24, 2.45) is 5.73 Å². The first-order chi connectivity index (χ1) is 8.25. The standard InChI is InChI=1S/C11H18N2O2S3/c1-4-8-6-7-9(17-8)18(14,15)13-11(3,5-2)10(12)16/h6-7,13H,4-5H2,1-3H3,(H2,12,16). The summed E-state index contributed by atoms with van der Waals surface area (Å²) in [6.45, 7) is 5.52. The van der Waals surface area contributed by atoms with Gasteiger partial charge in [-0.25, -0.2) is 8.42 Å². The maximum atomic E-state index is 12.2. The van der Waals surface area contributed by atoms with Gasteiger partial charge in [0.2, 0.25) is 0 Å². The Bertz CT molecular complexity index is 536. The van der Waals surface area contributed by atoms with Crippen LogP contribution in [-0.4, -0.2) is 18.9 Å². The van der Waals surface area contributed by atoms with Crippen molar-refractivity contribution in [1.82, 2.24) is 4.72 Å². The van der Waals surface area contributed by atoms with E-state index >= 15 is 0 Å². The summed E-state index contributed by atoms with van der Waals surface area (Å²) in [6, 6.07) is 3.44. The van der Waals surface area contributed by atoms with Crippen LogP contribution in [0.2, 0.25) is 0 Å². The molecule has 0 aromatic carbocycles. The van der Waals surface area contributed by atoms with Crippen LogP contribution in [0, 0.1) is 0 Å². The molecule has 1 heterocycles. The number of nitrogens with two attached hydrogens (primary N) is 1. The lowest BCUT2D eigenvalue weighted by Crippen LogP contribution is -2.53. The van der Waals surface area contributed by atoms with Gasteiger partial charge in [-0.2, -0.15) is 4.72 Å². The molecule has 1 aromatic rings. The highest BCUT2D eigenvalue weighted by atomic mass is 32.2. The van der Waals surface area contributed by atoms with Crippen molar-refractivity contribution >= 4 is 38.6 Å². The molecular weight excluding hydrogens is 288 g/mol. The Morgan fingerprint density at radius 1 is 1.50 bits per heavy atom. The molecule has 1 unspecified atom stereocenters. The third-order valence-electron chi connectivity index (χ3n) is 2.86. The largest absolute Gasteiger partial charge is 0.392 e. The number of aryl methyl sites for hydroxylation is 1. The van der Waals surface area contributed by atoms with Gasteiger partial charge in [0.25, 0.3) is 10.0 Å². The van der Waals surface area contributed by atoms with E-state index in [2.05, 4.69) is 4.72 Å². The average molecular weight is 306 g/mol. The number of hydrogen-bond acceptors (Lipinski definition) is 4. The second-order valence-electron chi connectivity index (χ2n) is 4.23. The van der Waals surface area contributed by atoms with Crippen LogP contribution in [0.4, 0.5) is 0 Å². The van der Waals surface area contributed by atoms with Crippen molar-refractivity contribution in [2.45, 2.75) is 43.4 Å². The molecule has 0 spiro atoms. The molecule has 1 rings (SSSR count). The molecule has 0 aliphatic heterocycles. The smallest absolute Gasteiger partial charge is 0.250 e. The highest BCUT2D eigenvalue weighted by molar-refractivity contribution is 7.91. The van der Waals surface area contributed by atoms with E-state index in [1.165, 1.54) is 11.3 Å². The Morgan fingerprint density at radius 3 is 2.50 bits per heavy atom. The number of thiophene rings is 1. The van der Waals surface area contributed by atoms with E-state index in [4.69, 9.17) is 18.0 Å². The second kappa shape index (κ2) is 5.64. The van der Waals surface area contributed by atoms with Crippen LogP contribution in [0.25, 0.3) is 0 Å². The van der Waals surface area contributed by atoms with Gasteiger partial charge in [-0.15, -0.1) is 11.3 Å². The van der Waals surface area contributed by atoms with Gasteiger partial charge in [-0.3, -0.25) is 0 Å². The van der Waals surface area contributed by atoms with Crippen LogP contribution in [0.3, 0.4) is 0 Å². The number of thiocarbonyl (C=S) groups is 1. The van der Waals surface area contributed by atoms with Gasteiger partial charge in [0, 0.05) is 4.88 Å². The Hall–Kier alpha value is -0.500. The summed E-state index contributed by atoms with van der Waals surface area (Å²) in [5, 5.41) is 0. The summed E-state index contributed by atoms with van der Waals surface area (Å²) in [7, 11) is -3.56. The van der Waals surface area contributed by atoms with Crippen LogP contribution >= 0.6 is 23.6 Å². The zero-order valence-corrected chi connectivity index (χ0v) is 13.1. The molecule has 0 aliphatic carbocycles. The molecule has 0 aliphatic rings. The third-order valence-corrected chi connectivity index (χ3v) is 6.63. The Kier molecular flexibility index (Phi) is 4.88. The highest BCUT2D eigenvalue weighted by Gasteiger charge is 2.32.